The van der Waals surface area contributed by atoms with Crippen molar-refractivity contribution < 1.29 is 13.9 Å². The van der Waals surface area contributed by atoms with Crippen molar-refractivity contribution in [2.45, 2.75) is 20.0 Å². The minimum atomic E-state index is 0. The van der Waals surface area contributed by atoms with Crippen LogP contribution in [0, 0.1) is 6.92 Å². The van der Waals surface area contributed by atoms with E-state index in [0.717, 1.165) is 28.4 Å². The van der Waals surface area contributed by atoms with Gasteiger partial charge >= 0.3 is 0 Å². The van der Waals surface area contributed by atoms with E-state index < -0.39 is 0 Å². The molecule has 0 bridgehead atoms. The Hall–Kier alpha value is -2.75. The lowest BCUT2D eigenvalue weighted by atomic mass is 10.1. The number of aryl methyl sites for hydroxylation is 1. The third kappa shape index (κ3) is 5.20. The first-order valence-electron chi connectivity index (χ1n) is 9.06. The number of oxazole rings is 1. The number of halogens is 1. The summed E-state index contributed by atoms with van der Waals surface area (Å²) in [6.07, 6.45) is 1.74. The molecule has 0 radical (unpaired) electrons. The van der Waals surface area contributed by atoms with Crippen LogP contribution in [0.25, 0.3) is 11.3 Å². The summed E-state index contributed by atoms with van der Waals surface area (Å²) in [5.41, 5.74) is 3.29. The van der Waals surface area contributed by atoms with Crippen LogP contribution in [0.3, 0.4) is 0 Å². The Labute approximate surface area is 186 Å². The molecule has 7 nitrogen and oxygen atoms in total. The summed E-state index contributed by atoms with van der Waals surface area (Å²) in [4.78, 5) is 8.57. The van der Waals surface area contributed by atoms with Gasteiger partial charge in [-0.3, -0.25) is 4.99 Å². The Morgan fingerprint density at radius 1 is 1.03 bits per heavy atom. The van der Waals surface area contributed by atoms with E-state index in [0.29, 0.717) is 24.9 Å². The highest BCUT2D eigenvalue weighted by Crippen LogP contribution is 2.32. The summed E-state index contributed by atoms with van der Waals surface area (Å²) in [7, 11) is 1.72. The molecule has 0 atom stereocenters. The minimum absolute atomic E-state index is 0. The number of guanidine groups is 1. The van der Waals surface area contributed by atoms with E-state index in [-0.39, 0.29) is 30.8 Å². The molecule has 0 amide bonds. The average molecular weight is 506 g/mol. The maximum absolute atomic E-state index is 5.83. The molecule has 3 aromatic rings. The van der Waals surface area contributed by atoms with E-state index in [1.54, 1.807) is 13.2 Å². The fourth-order valence-corrected chi connectivity index (χ4v) is 2.86. The average Bonchev–Trinajstić information content (AvgIpc) is 3.37. The van der Waals surface area contributed by atoms with Crippen LogP contribution in [-0.4, -0.2) is 24.8 Å². The van der Waals surface area contributed by atoms with Crippen molar-refractivity contribution in [3.05, 3.63) is 65.7 Å². The number of benzene rings is 2. The highest BCUT2D eigenvalue weighted by Gasteiger charge is 2.13. The lowest BCUT2D eigenvalue weighted by molar-refractivity contribution is 0.174. The second-order valence-corrected chi connectivity index (χ2v) is 6.45. The van der Waals surface area contributed by atoms with Gasteiger partial charge in [0.1, 0.15) is 0 Å². The summed E-state index contributed by atoms with van der Waals surface area (Å²) in [5.74, 6) is 3.56. The third-order valence-corrected chi connectivity index (χ3v) is 4.42. The van der Waals surface area contributed by atoms with Gasteiger partial charge in [-0.05, 0) is 24.6 Å². The van der Waals surface area contributed by atoms with Crippen LogP contribution in [-0.2, 0) is 13.1 Å². The van der Waals surface area contributed by atoms with Gasteiger partial charge in [-0.2, -0.15) is 0 Å². The van der Waals surface area contributed by atoms with Crippen LogP contribution in [0.15, 0.2) is 58.1 Å². The quantitative estimate of drug-likeness (QED) is 0.311. The Kier molecular flexibility index (Phi) is 6.97. The van der Waals surface area contributed by atoms with E-state index in [1.807, 2.05) is 30.3 Å². The number of ether oxygens (including phenoxy) is 2. The zero-order valence-corrected chi connectivity index (χ0v) is 18.6. The summed E-state index contributed by atoms with van der Waals surface area (Å²) >= 11 is 0. The fourth-order valence-electron chi connectivity index (χ4n) is 2.86. The molecule has 1 aliphatic heterocycles. The highest BCUT2D eigenvalue weighted by molar-refractivity contribution is 14.0. The molecule has 2 aromatic carbocycles. The van der Waals surface area contributed by atoms with Crippen molar-refractivity contribution in [1.29, 1.82) is 0 Å². The Balaban J connectivity index is 0.00000240. The number of rotatable bonds is 5. The standard InChI is InChI=1S/C21H22N4O3.HI/c1-14-3-6-16(7-4-14)19-11-23-20(28-19)12-25-21(22-2)24-10-15-5-8-17-18(9-15)27-13-26-17;/h3-9,11H,10,12-13H2,1-2H3,(H2,22,24,25);1H. The van der Waals surface area contributed by atoms with Gasteiger partial charge in [0, 0.05) is 19.2 Å². The van der Waals surface area contributed by atoms with Gasteiger partial charge in [-0.1, -0.05) is 35.9 Å². The van der Waals surface area contributed by atoms with Crippen LogP contribution in [0.2, 0.25) is 0 Å². The Morgan fingerprint density at radius 2 is 1.79 bits per heavy atom. The number of nitrogens with one attached hydrogen (secondary N) is 2. The predicted molar refractivity (Wildman–Crippen MR) is 122 cm³/mol. The SMILES string of the molecule is CN=C(NCc1ccc2c(c1)OCO2)NCc1ncc(-c2ccc(C)cc2)o1.I. The normalized spacial score (nSPS) is 12.4. The molecule has 0 saturated carbocycles. The van der Waals surface area contributed by atoms with E-state index in [1.165, 1.54) is 5.56 Å². The molecule has 0 unspecified atom stereocenters. The van der Waals surface area contributed by atoms with Gasteiger partial charge in [0.2, 0.25) is 12.7 Å². The Bertz CT molecular complexity index is 986. The first-order valence-corrected chi connectivity index (χ1v) is 9.06. The van der Waals surface area contributed by atoms with E-state index in [9.17, 15) is 0 Å². The second kappa shape index (κ2) is 9.64. The number of hydrogen-bond donors (Lipinski definition) is 2. The summed E-state index contributed by atoms with van der Waals surface area (Å²) < 4.78 is 16.6. The monoisotopic (exact) mass is 506 g/mol. The van der Waals surface area contributed by atoms with Crippen LogP contribution >= 0.6 is 24.0 Å². The van der Waals surface area contributed by atoms with Crippen LogP contribution < -0.4 is 20.1 Å². The van der Waals surface area contributed by atoms with Crippen molar-refractivity contribution in [2.75, 3.05) is 13.8 Å². The lowest BCUT2D eigenvalue weighted by Gasteiger charge is -2.11. The second-order valence-electron chi connectivity index (χ2n) is 6.45. The summed E-state index contributed by atoms with van der Waals surface area (Å²) in [5, 5.41) is 6.47. The first-order chi connectivity index (χ1) is 13.7. The molecule has 0 saturated heterocycles. The summed E-state index contributed by atoms with van der Waals surface area (Å²) in [6.45, 7) is 3.38. The maximum Gasteiger partial charge on any atom is 0.231 e. The number of hydrogen-bond acceptors (Lipinski definition) is 5. The zero-order chi connectivity index (χ0) is 19.3. The molecule has 29 heavy (non-hydrogen) atoms. The van der Waals surface area contributed by atoms with Gasteiger partial charge in [-0.25, -0.2) is 4.98 Å². The minimum Gasteiger partial charge on any atom is -0.454 e. The third-order valence-electron chi connectivity index (χ3n) is 4.42. The molecule has 1 aliphatic rings. The van der Waals surface area contributed by atoms with Gasteiger partial charge in [0.05, 0.1) is 12.7 Å². The molecule has 152 valence electrons. The molecule has 0 aliphatic carbocycles. The van der Waals surface area contributed by atoms with E-state index in [4.69, 9.17) is 13.9 Å². The molecule has 0 spiro atoms. The fraction of sp³-hybridized carbons (Fsp3) is 0.238. The molecule has 0 fully saturated rings. The van der Waals surface area contributed by atoms with Crippen LogP contribution in [0.4, 0.5) is 0 Å². The van der Waals surface area contributed by atoms with Crippen LogP contribution in [0.1, 0.15) is 17.0 Å². The van der Waals surface area contributed by atoms with Crippen molar-refractivity contribution in [3.63, 3.8) is 0 Å². The number of nitrogens with zero attached hydrogens (tertiary/aromatic N) is 2. The lowest BCUT2D eigenvalue weighted by Crippen LogP contribution is -2.36. The van der Waals surface area contributed by atoms with Crippen LogP contribution in [0.5, 0.6) is 11.5 Å². The van der Waals surface area contributed by atoms with Gasteiger partial charge < -0.3 is 24.5 Å². The van der Waals surface area contributed by atoms with Gasteiger partial charge in [-0.15, -0.1) is 24.0 Å². The van der Waals surface area contributed by atoms with E-state index >= 15 is 0 Å². The van der Waals surface area contributed by atoms with Crippen molar-refractivity contribution in [2.24, 2.45) is 4.99 Å². The molecule has 2 N–H and O–H groups in total. The molecular formula is C21H23IN4O3. The van der Waals surface area contributed by atoms with Crippen molar-refractivity contribution in [1.82, 2.24) is 15.6 Å². The number of aliphatic imine (C=N–C) groups is 1. The number of fused-ring (bicyclic) bond motifs is 1. The Morgan fingerprint density at radius 3 is 2.59 bits per heavy atom. The molecular weight excluding hydrogens is 483 g/mol. The maximum atomic E-state index is 5.83. The molecule has 8 heteroatoms. The summed E-state index contributed by atoms with van der Waals surface area (Å²) in [6, 6.07) is 14.0. The number of aromatic nitrogens is 1. The smallest absolute Gasteiger partial charge is 0.231 e. The molecule has 1 aromatic heterocycles. The molecule has 4 rings (SSSR count). The zero-order valence-electron chi connectivity index (χ0n) is 16.3. The molecule has 2 heterocycles. The van der Waals surface area contributed by atoms with E-state index in [2.05, 4.69) is 39.7 Å². The highest BCUT2D eigenvalue weighted by atomic mass is 127. The van der Waals surface area contributed by atoms with Crippen molar-refractivity contribution >= 4 is 29.9 Å². The van der Waals surface area contributed by atoms with Crippen molar-refractivity contribution in [3.8, 4) is 22.8 Å². The predicted octanol–water partition coefficient (Wildman–Crippen LogP) is 3.86. The largest absolute Gasteiger partial charge is 0.454 e. The van der Waals surface area contributed by atoms with Gasteiger partial charge in [0.15, 0.2) is 23.2 Å². The topological polar surface area (TPSA) is 80.9 Å². The first kappa shape index (κ1) is 21.0. The van der Waals surface area contributed by atoms with Gasteiger partial charge in [0.25, 0.3) is 0 Å².